The molecule has 0 saturated heterocycles. The average Bonchev–Trinajstić information content (AvgIpc) is 2.41. The van der Waals surface area contributed by atoms with E-state index in [-0.39, 0.29) is 16.9 Å². The van der Waals surface area contributed by atoms with Crippen molar-refractivity contribution < 1.29 is 13.0 Å². The summed E-state index contributed by atoms with van der Waals surface area (Å²) in [6, 6.07) is 12.0. The van der Waals surface area contributed by atoms with Crippen molar-refractivity contribution in [2.24, 2.45) is 0 Å². The molecule has 100 valence electrons. The van der Waals surface area contributed by atoms with Crippen LogP contribution in [0.4, 0.5) is 8.78 Å². The van der Waals surface area contributed by atoms with E-state index in [4.69, 9.17) is 0 Å². The van der Waals surface area contributed by atoms with Crippen molar-refractivity contribution in [1.29, 1.82) is 0 Å². The number of hydrogen-bond acceptors (Lipinski definition) is 1. The quantitative estimate of drug-likeness (QED) is 0.828. The van der Waals surface area contributed by atoms with Gasteiger partial charge in [-0.25, -0.2) is 8.78 Å². The van der Waals surface area contributed by atoms with Crippen molar-refractivity contribution in [2.75, 3.05) is 0 Å². The molecule has 0 bridgehead atoms. The van der Waals surface area contributed by atoms with Gasteiger partial charge in [-0.15, -0.1) is 0 Å². The Morgan fingerprint density at radius 1 is 0.947 bits per heavy atom. The molecule has 0 aromatic heterocycles. The lowest BCUT2D eigenvalue weighted by atomic mass is 10.2. The van der Waals surface area contributed by atoms with E-state index < -0.39 is 10.8 Å². The lowest BCUT2D eigenvalue weighted by Crippen LogP contribution is -2.05. The molecule has 0 fully saturated rings. The third-order valence-electron chi connectivity index (χ3n) is 2.96. The minimum atomic E-state index is -1.12. The second kappa shape index (κ2) is 6.06. The standard InChI is InChI=1S/C15H14F2OS/c1-11(13-4-8-15(17)9-5-13)19(18)10-12-2-6-14(16)7-3-12/h2-9,11H,10H2,1H3/t11-,19+/m1/s1. The summed E-state index contributed by atoms with van der Waals surface area (Å²) in [5.74, 6) is -0.250. The highest BCUT2D eigenvalue weighted by molar-refractivity contribution is 7.84. The molecule has 0 radical (unpaired) electrons. The van der Waals surface area contributed by atoms with E-state index in [1.54, 1.807) is 24.3 Å². The Morgan fingerprint density at radius 2 is 1.42 bits per heavy atom. The summed E-state index contributed by atoms with van der Waals surface area (Å²) >= 11 is 0. The molecule has 2 atom stereocenters. The zero-order chi connectivity index (χ0) is 13.8. The van der Waals surface area contributed by atoms with Gasteiger partial charge in [0, 0.05) is 16.6 Å². The Morgan fingerprint density at radius 3 is 1.95 bits per heavy atom. The Hall–Kier alpha value is -1.55. The predicted octanol–water partition coefficient (Wildman–Crippen LogP) is 3.97. The Kier molecular flexibility index (Phi) is 4.43. The van der Waals surface area contributed by atoms with Gasteiger partial charge in [0.05, 0.1) is 5.25 Å². The van der Waals surface area contributed by atoms with Crippen LogP contribution in [0.1, 0.15) is 23.3 Å². The van der Waals surface area contributed by atoms with E-state index in [0.717, 1.165) is 11.1 Å². The number of rotatable bonds is 4. The molecule has 4 heteroatoms. The number of benzene rings is 2. The van der Waals surface area contributed by atoms with Gasteiger partial charge in [0.2, 0.25) is 0 Å². The molecule has 0 aliphatic carbocycles. The molecule has 0 aliphatic heterocycles. The molecular weight excluding hydrogens is 266 g/mol. The fourth-order valence-corrected chi connectivity index (χ4v) is 2.99. The molecule has 2 aromatic carbocycles. The second-order valence-corrected chi connectivity index (χ2v) is 6.10. The van der Waals surface area contributed by atoms with Crippen LogP contribution in [0.15, 0.2) is 48.5 Å². The molecule has 0 aliphatic rings. The molecule has 2 aromatic rings. The van der Waals surface area contributed by atoms with Gasteiger partial charge in [-0.1, -0.05) is 24.3 Å². The van der Waals surface area contributed by atoms with Crippen LogP contribution in [-0.4, -0.2) is 4.21 Å². The van der Waals surface area contributed by atoms with Gasteiger partial charge in [-0.05, 0) is 42.3 Å². The highest BCUT2D eigenvalue weighted by atomic mass is 32.2. The maximum absolute atomic E-state index is 12.8. The van der Waals surface area contributed by atoms with Crippen molar-refractivity contribution in [1.82, 2.24) is 0 Å². The summed E-state index contributed by atoms with van der Waals surface area (Å²) in [6.45, 7) is 1.84. The monoisotopic (exact) mass is 280 g/mol. The lowest BCUT2D eigenvalue weighted by molar-refractivity contribution is 0.626. The lowest BCUT2D eigenvalue weighted by Gasteiger charge is -2.12. The fourth-order valence-electron chi connectivity index (χ4n) is 1.76. The highest BCUT2D eigenvalue weighted by Gasteiger charge is 2.14. The smallest absolute Gasteiger partial charge is 0.123 e. The Labute approximate surface area is 113 Å². The maximum Gasteiger partial charge on any atom is 0.123 e. The van der Waals surface area contributed by atoms with Crippen LogP contribution >= 0.6 is 0 Å². The molecule has 19 heavy (non-hydrogen) atoms. The number of halogens is 2. The van der Waals surface area contributed by atoms with Crippen molar-refractivity contribution in [3.8, 4) is 0 Å². The molecule has 0 N–H and O–H groups in total. The first kappa shape index (κ1) is 13.9. The highest BCUT2D eigenvalue weighted by Crippen LogP contribution is 2.22. The molecule has 0 unspecified atom stereocenters. The van der Waals surface area contributed by atoms with E-state index in [1.807, 2.05) is 6.92 Å². The van der Waals surface area contributed by atoms with E-state index in [9.17, 15) is 13.0 Å². The van der Waals surface area contributed by atoms with E-state index in [2.05, 4.69) is 0 Å². The van der Waals surface area contributed by atoms with Crippen molar-refractivity contribution in [3.63, 3.8) is 0 Å². The van der Waals surface area contributed by atoms with Gasteiger partial charge in [0.15, 0.2) is 0 Å². The van der Waals surface area contributed by atoms with E-state index >= 15 is 0 Å². The average molecular weight is 280 g/mol. The van der Waals surface area contributed by atoms with E-state index in [1.165, 1.54) is 24.3 Å². The normalized spacial score (nSPS) is 14.1. The molecule has 1 nitrogen and oxygen atoms in total. The van der Waals surface area contributed by atoms with Crippen LogP contribution in [0.5, 0.6) is 0 Å². The zero-order valence-corrected chi connectivity index (χ0v) is 11.3. The van der Waals surface area contributed by atoms with Gasteiger partial charge in [-0.2, -0.15) is 0 Å². The minimum Gasteiger partial charge on any atom is -0.259 e. The van der Waals surface area contributed by atoms with Gasteiger partial charge in [0.1, 0.15) is 11.6 Å². The van der Waals surface area contributed by atoms with Crippen molar-refractivity contribution in [3.05, 3.63) is 71.3 Å². The van der Waals surface area contributed by atoms with E-state index in [0.29, 0.717) is 5.75 Å². The first-order chi connectivity index (χ1) is 9.06. The van der Waals surface area contributed by atoms with Crippen molar-refractivity contribution in [2.45, 2.75) is 17.9 Å². The third-order valence-corrected chi connectivity index (χ3v) is 4.63. The first-order valence-electron chi connectivity index (χ1n) is 5.93. The van der Waals surface area contributed by atoms with Crippen LogP contribution in [0, 0.1) is 11.6 Å². The van der Waals surface area contributed by atoms with Crippen LogP contribution in [0.25, 0.3) is 0 Å². The van der Waals surface area contributed by atoms with Gasteiger partial charge < -0.3 is 0 Å². The fraction of sp³-hybridized carbons (Fsp3) is 0.200. The van der Waals surface area contributed by atoms with Crippen LogP contribution in [0.2, 0.25) is 0 Å². The topological polar surface area (TPSA) is 17.1 Å². The molecule has 0 heterocycles. The Bertz CT molecular complexity index is 564. The van der Waals surface area contributed by atoms with Crippen LogP contribution in [0.3, 0.4) is 0 Å². The minimum absolute atomic E-state index is 0.189. The molecule has 0 spiro atoms. The van der Waals surface area contributed by atoms with Crippen LogP contribution < -0.4 is 0 Å². The summed E-state index contributed by atoms with van der Waals surface area (Å²) in [7, 11) is -1.12. The van der Waals surface area contributed by atoms with Gasteiger partial charge in [0.25, 0.3) is 0 Å². The first-order valence-corrected chi connectivity index (χ1v) is 7.31. The summed E-state index contributed by atoms with van der Waals surface area (Å²) in [5.41, 5.74) is 1.66. The summed E-state index contributed by atoms with van der Waals surface area (Å²) in [6.07, 6.45) is 0. The van der Waals surface area contributed by atoms with Crippen molar-refractivity contribution >= 4 is 10.8 Å². The van der Waals surface area contributed by atoms with Gasteiger partial charge >= 0.3 is 0 Å². The second-order valence-electron chi connectivity index (χ2n) is 4.35. The van der Waals surface area contributed by atoms with Gasteiger partial charge in [-0.3, -0.25) is 4.21 Å². The molecule has 0 amide bonds. The SMILES string of the molecule is C[C@H](c1ccc(F)cc1)[S@@](=O)Cc1ccc(F)cc1. The zero-order valence-electron chi connectivity index (χ0n) is 10.5. The molecule has 0 saturated carbocycles. The molecular formula is C15H14F2OS. The summed E-state index contributed by atoms with van der Waals surface area (Å²) < 4.78 is 37.8. The number of hydrogen-bond donors (Lipinski definition) is 0. The molecule has 2 rings (SSSR count). The maximum atomic E-state index is 12.8. The van der Waals surface area contributed by atoms with Crippen LogP contribution in [-0.2, 0) is 16.6 Å². The third kappa shape index (κ3) is 3.70. The summed E-state index contributed by atoms with van der Waals surface area (Å²) in [4.78, 5) is 0. The summed E-state index contributed by atoms with van der Waals surface area (Å²) in [5, 5.41) is -0.189. The largest absolute Gasteiger partial charge is 0.259 e. The predicted molar refractivity (Wildman–Crippen MR) is 73.1 cm³/mol. The Balaban J connectivity index is 2.07.